The summed E-state index contributed by atoms with van der Waals surface area (Å²) in [7, 11) is 0. The number of rotatable bonds is 3. The molecule has 3 heterocycles. The van der Waals surface area contributed by atoms with E-state index in [1.54, 1.807) is 12.1 Å². The van der Waals surface area contributed by atoms with Crippen LogP contribution in [0.5, 0.6) is 0 Å². The number of carbonyl (C=O) groups is 2. The summed E-state index contributed by atoms with van der Waals surface area (Å²) in [6, 6.07) is 3.30. The maximum Gasteiger partial charge on any atom is 0.310 e. The number of hydrogen-bond donors (Lipinski definition) is 1. The van der Waals surface area contributed by atoms with Crippen LogP contribution in [0.2, 0.25) is 0 Å². The molecule has 0 saturated carbocycles. The molecule has 1 aliphatic rings. The lowest BCUT2D eigenvalue weighted by molar-refractivity contribution is -0.146. The number of hydrogen-bond acceptors (Lipinski definition) is 5. The molecule has 8 nitrogen and oxygen atoms in total. The lowest BCUT2D eigenvalue weighted by Crippen LogP contribution is -2.53. The van der Waals surface area contributed by atoms with Crippen LogP contribution in [0.25, 0.3) is 5.82 Å². The first kappa shape index (κ1) is 12.3. The molecule has 0 bridgehead atoms. The minimum Gasteiger partial charge on any atom is -0.481 e. The highest BCUT2D eigenvalue weighted by atomic mass is 16.4. The minimum atomic E-state index is -0.867. The van der Waals surface area contributed by atoms with Crippen molar-refractivity contribution in [3.63, 3.8) is 0 Å². The molecular weight excluding hydrogens is 262 g/mol. The number of aliphatic carboxylic acids is 1. The van der Waals surface area contributed by atoms with E-state index >= 15 is 0 Å². The van der Waals surface area contributed by atoms with E-state index in [-0.39, 0.29) is 19.0 Å². The molecule has 0 aromatic carbocycles. The van der Waals surface area contributed by atoms with Crippen LogP contribution in [-0.4, -0.2) is 54.7 Å². The van der Waals surface area contributed by atoms with Crippen molar-refractivity contribution in [1.82, 2.24) is 24.6 Å². The molecule has 1 N–H and O–H groups in total. The van der Waals surface area contributed by atoms with E-state index in [0.29, 0.717) is 11.4 Å². The molecule has 2 aromatic rings. The zero-order chi connectivity index (χ0) is 14.1. The van der Waals surface area contributed by atoms with Gasteiger partial charge in [0.2, 0.25) is 0 Å². The van der Waals surface area contributed by atoms with Crippen LogP contribution in [0.3, 0.4) is 0 Å². The molecule has 0 atom stereocenters. The lowest BCUT2D eigenvalue weighted by Gasteiger charge is -2.36. The van der Waals surface area contributed by atoms with Gasteiger partial charge in [-0.25, -0.2) is 14.6 Å². The summed E-state index contributed by atoms with van der Waals surface area (Å²) in [5.74, 6) is -0.971. The van der Waals surface area contributed by atoms with Crippen LogP contribution in [0.4, 0.5) is 0 Å². The molecule has 20 heavy (non-hydrogen) atoms. The topological polar surface area (TPSA) is 101 Å². The molecule has 8 heteroatoms. The molecule has 0 unspecified atom stereocenters. The van der Waals surface area contributed by atoms with Crippen molar-refractivity contribution in [3.8, 4) is 5.82 Å². The molecule has 1 saturated heterocycles. The molecule has 1 fully saturated rings. The second kappa shape index (κ2) is 4.72. The van der Waals surface area contributed by atoms with Crippen molar-refractivity contribution in [3.05, 3.63) is 36.5 Å². The first-order chi connectivity index (χ1) is 9.65. The Labute approximate surface area is 113 Å². The van der Waals surface area contributed by atoms with Crippen LogP contribution in [-0.2, 0) is 4.79 Å². The highest BCUT2D eigenvalue weighted by Crippen LogP contribution is 2.18. The Bertz CT molecular complexity index is 632. The van der Waals surface area contributed by atoms with E-state index in [1.165, 1.54) is 28.4 Å². The minimum absolute atomic E-state index is 0.208. The molecule has 0 spiro atoms. The average molecular weight is 273 g/mol. The summed E-state index contributed by atoms with van der Waals surface area (Å²) in [4.78, 5) is 32.2. The van der Waals surface area contributed by atoms with Crippen LogP contribution in [0.1, 0.15) is 10.4 Å². The number of amides is 1. The molecule has 0 aliphatic carbocycles. The van der Waals surface area contributed by atoms with Gasteiger partial charge in [-0.3, -0.25) is 9.59 Å². The number of carboxylic acids is 1. The first-order valence-corrected chi connectivity index (χ1v) is 5.98. The van der Waals surface area contributed by atoms with Crippen molar-refractivity contribution in [2.45, 2.75) is 0 Å². The molecule has 0 radical (unpaired) electrons. The monoisotopic (exact) mass is 273 g/mol. The fourth-order valence-electron chi connectivity index (χ4n) is 1.96. The quantitative estimate of drug-likeness (QED) is 0.832. The highest BCUT2D eigenvalue weighted by molar-refractivity contribution is 5.95. The van der Waals surface area contributed by atoms with Crippen molar-refractivity contribution in [1.29, 1.82) is 0 Å². The smallest absolute Gasteiger partial charge is 0.310 e. The second-order valence-corrected chi connectivity index (χ2v) is 4.49. The normalized spacial score (nSPS) is 14.9. The summed E-state index contributed by atoms with van der Waals surface area (Å²) in [5, 5.41) is 12.7. The number of likely N-dealkylation sites (tertiary alicyclic amines) is 1. The van der Waals surface area contributed by atoms with Gasteiger partial charge in [0, 0.05) is 19.3 Å². The standard InChI is InChI=1S/C12H11N5O3/c18-11(16-4-9(5-16)12(19)20)8-1-2-10(14-3-8)17-7-13-6-15-17/h1-3,6-7,9H,4-5H2,(H,19,20). The largest absolute Gasteiger partial charge is 0.481 e. The van der Waals surface area contributed by atoms with Crippen molar-refractivity contribution in [2.75, 3.05) is 13.1 Å². The number of carbonyl (C=O) groups excluding carboxylic acids is 1. The SMILES string of the molecule is O=C(O)C1CN(C(=O)c2ccc(-n3cncn3)nc2)C1. The van der Waals surface area contributed by atoms with Gasteiger partial charge >= 0.3 is 5.97 Å². The van der Waals surface area contributed by atoms with Crippen molar-refractivity contribution < 1.29 is 14.7 Å². The van der Waals surface area contributed by atoms with Gasteiger partial charge in [0.1, 0.15) is 12.7 Å². The Morgan fingerprint density at radius 1 is 1.30 bits per heavy atom. The summed E-state index contributed by atoms with van der Waals surface area (Å²) in [6.07, 6.45) is 4.36. The fourth-order valence-corrected chi connectivity index (χ4v) is 1.96. The molecule has 102 valence electrons. The Balaban J connectivity index is 1.69. The zero-order valence-electron chi connectivity index (χ0n) is 10.4. The van der Waals surface area contributed by atoms with E-state index in [4.69, 9.17) is 5.11 Å². The summed E-state index contributed by atoms with van der Waals surface area (Å²) in [5.41, 5.74) is 0.428. The zero-order valence-corrected chi connectivity index (χ0v) is 10.4. The average Bonchev–Trinajstić information content (AvgIpc) is 2.90. The van der Waals surface area contributed by atoms with Crippen molar-refractivity contribution in [2.24, 2.45) is 5.92 Å². The van der Waals surface area contributed by atoms with E-state index in [2.05, 4.69) is 15.1 Å². The van der Waals surface area contributed by atoms with Gasteiger partial charge < -0.3 is 10.0 Å². The van der Waals surface area contributed by atoms with Gasteiger partial charge in [-0.05, 0) is 12.1 Å². The number of pyridine rings is 1. The van der Waals surface area contributed by atoms with E-state index in [0.717, 1.165) is 0 Å². The van der Waals surface area contributed by atoms with Gasteiger partial charge in [0.05, 0.1) is 11.5 Å². The third-order valence-electron chi connectivity index (χ3n) is 3.17. The maximum absolute atomic E-state index is 12.1. The van der Waals surface area contributed by atoms with Crippen LogP contribution in [0.15, 0.2) is 31.0 Å². The van der Waals surface area contributed by atoms with Gasteiger partial charge in [-0.2, -0.15) is 5.10 Å². The Morgan fingerprint density at radius 3 is 2.65 bits per heavy atom. The molecule has 1 amide bonds. The highest BCUT2D eigenvalue weighted by Gasteiger charge is 2.35. The maximum atomic E-state index is 12.1. The van der Waals surface area contributed by atoms with E-state index < -0.39 is 11.9 Å². The first-order valence-electron chi connectivity index (χ1n) is 5.98. The fraction of sp³-hybridized carbons (Fsp3) is 0.250. The van der Waals surface area contributed by atoms with Crippen LogP contribution >= 0.6 is 0 Å². The summed E-state index contributed by atoms with van der Waals surface area (Å²) < 4.78 is 1.48. The van der Waals surface area contributed by atoms with Gasteiger partial charge in [-0.1, -0.05) is 0 Å². The number of aromatic nitrogens is 4. The molecule has 1 aliphatic heterocycles. The third kappa shape index (κ3) is 2.11. The van der Waals surface area contributed by atoms with Crippen LogP contribution < -0.4 is 0 Å². The Kier molecular flexibility index (Phi) is 2.90. The predicted molar refractivity (Wildman–Crippen MR) is 66.2 cm³/mol. The Morgan fingerprint density at radius 2 is 2.10 bits per heavy atom. The summed E-state index contributed by atoms with van der Waals surface area (Å²) >= 11 is 0. The van der Waals surface area contributed by atoms with E-state index in [9.17, 15) is 9.59 Å². The van der Waals surface area contributed by atoms with Gasteiger partial charge in [0.25, 0.3) is 5.91 Å². The number of carboxylic acid groups (broad SMARTS) is 1. The van der Waals surface area contributed by atoms with Crippen LogP contribution in [0, 0.1) is 5.92 Å². The number of nitrogens with zero attached hydrogens (tertiary/aromatic N) is 5. The van der Waals surface area contributed by atoms with Crippen molar-refractivity contribution >= 4 is 11.9 Å². The molecule has 3 rings (SSSR count). The molecule has 2 aromatic heterocycles. The summed E-state index contributed by atoms with van der Waals surface area (Å²) in [6.45, 7) is 0.498. The van der Waals surface area contributed by atoms with Gasteiger partial charge in [0.15, 0.2) is 5.82 Å². The third-order valence-corrected chi connectivity index (χ3v) is 3.17. The lowest BCUT2D eigenvalue weighted by atomic mass is 9.99. The van der Waals surface area contributed by atoms with E-state index in [1.807, 2.05) is 0 Å². The Hall–Kier alpha value is -2.77. The molecular formula is C12H11N5O3. The second-order valence-electron chi connectivity index (χ2n) is 4.49. The predicted octanol–water partition coefficient (Wildman–Crippen LogP) is -0.181. The van der Waals surface area contributed by atoms with Gasteiger partial charge in [-0.15, -0.1) is 0 Å².